The molecular formula is C20H22FN5O. The zero-order chi connectivity index (χ0) is 19.0. The number of nitrogens with zero attached hydrogens (tertiary/aromatic N) is 5. The number of carbonyl (C=O) groups is 1. The predicted molar refractivity (Wildman–Crippen MR) is 102 cm³/mol. The van der Waals surface area contributed by atoms with Crippen LogP contribution in [0, 0.1) is 5.82 Å². The first kappa shape index (κ1) is 17.6. The smallest absolute Gasteiger partial charge is 0.254 e. The molecule has 1 aliphatic heterocycles. The zero-order valence-corrected chi connectivity index (χ0v) is 15.5. The maximum Gasteiger partial charge on any atom is 0.254 e. The molecule has 0 saturated carbocycles. The molecule has 1 fully saturated rings. The summed E-state index contributed by atoms with van der Waals surface area (Å²) in [6.07, 6.45) is 1.69. The zero-order valence-electron chi connectivity index (χ0n) is 15.5. The Kier molecular flexibility index (Phi) is 4.61. The summed E-state index contributed by atoms with van der Waals surface area (Å²) in [6.45, 7) is 6.32. The lowest BCUT2D eigenvalue weighted by atomic mass is 10.1. The van der Waals surface area contributed by atoms with E-state index < -0.39 is 0 Å². The Labute approximate surface area is 157 Å². The first-order chi connectivity index (χ1) is 13.1. The molecule has 0 aliphatic carbocycles. The third-order valence-corrected chi connectivity index (χ3v) is 5.18. The van der Waals surface area contributed by atoms with E-state index in [0.717, 1.165) is 30.6 Å². The number of aryl methyl sites for hydroxylation is 1. The van der Waals surface area contributed by atoms with Crippen LogP contribution in [-0.2, 0) is 7.05 Å². The van der Waals surface area contributed by atoms with Crippen LogP contribution in [0.5, 0.6) is 0 Å². The van der Waals surface area contributed by atoms with Gasteiger partial charge in [-0.05, 0) is 36.9 Å². The molecular weight excluding hydrogens is 345 g/mol. The van der Waals surface area contributed by atoms with Crippen molar-refractivity contribution in [1.29, 1.82) is 0 Å². The molecule has 7 heteroatoms. The number of pyridine rings is 1. The van der Waals surface area contributed by atoms with Crippen molar-refractivity contribution in [3.8, 4) is 11.3 Å². The van der Waals surface area contributed by atoms with Crippen molar-refractivity contribution < 1.29 is 9.18 Å². The molecule has 4 rings (SSSR count). The molecule has 0 bridgehead atoms. The van der Waals surface area contributed by atoms with Crippen LogP contribution in [-0.4, -0.2) is 63.2 Å². The number of carbonyl (C=O) groups excluding carboxylic acids is 1. The summed E-state index contributed by atoms with van der Waals surface area (Å²) in [7, 11) is 1.80. The van der Waals surface area contributed by atoms with Crippen molar-refractivity contribution in [3.63, 3.8) is 0 Å². The lowest BCUT2D eigenvalue weighted by Crippen LogP contribution is -2.48. The number of fused-ring (bicyclic) bond motifs is 1. The third kappa shape index (κ3) is 3.30. The molecule has 2 aromatic heterocycles. The summed E-state index contributed by atoms with van der Waals surface area (Å²) in [5.74, 6) is -0.306. The van der Waals surface area contributed by atoms with Crippen LogP contribution in [0.25, 0.3) is 22.3 Å². The highest BCUT2D eigenvalue weighted by atomic mass is 19.1. The van der Waals surface area contributed by atoms with Gasteiger partial charge in [0.15, 0.2) is 5.65 Å². The van der Waals surface area contributed by atoms with E-state index in [-0.39, 0.29) is 11.7 Å². The summed E-state index contributed by atoms with van der Waals surface area (Å²) < 4.78 is 14.9. The highest BCUT2D eigenvalue weighted by Crippen LogP contribution is 2.26. The second-order valence-corrected chi connectivity index (χ2v) is 6.79. The van der Waals surface area contributed by atoms with E-state index in [0.29, 0.717) is 30.0 Å². The number of rotatable bonds is 3. The van der Waals surface area contributed by atoms with Crippen molar-refractivity contribution in [2.45, 2.75) is 6.92 Å². The van der Waals surface area contributed by atoms with Gasteiger partial charge < -0.3 is 9.80 Å². The molecule has 0 radical (unpaired) electrons. The monoisotopic (exact) mass is 367 g/mol. The minimum Gasteiger partial charge on any atom is -0.336 e. The van der Waals surface area contributed by atoms with Gasteiger partial charge in [-0.15, -0.1) is 0 Å². The molecule has 3 aromatic rings. The molecule has 1 amide bonds. The minimum atomic E-state index is -0.301. The van der Waals surface area contributed by atoms with Gasteiger partial charge in [0.1, 0.15) is 5.82 Å². The first-order valence-electron chi connectivity index (χ1n) is 9.17. The van der Waals surface area contributed by atoms with Crippen LogP contribution < -0.4 is 0 Å². The van der Waals surface area contributed by atoms with Gasteiger partial charge in [0.05, 0.1) is 22.8 Å². The van der Waals surface area contributed by atoms with Crippen LogP contribution in [0.1, 0.15) is 17.3 Å². The SMILES string of the molecule is CCN1CCN(C(=O)c2cc(-c3ccc(F)cc3)nc3c2cnn3C)CC1. The van der Waals surface area contributed by atoms with E-state index in [1.165, 1.54) is 12.1 Å². The largest absolute Gasteiger partial charge is 0.336 e. The van der Waals surface area contributed by atoms with Gasteiger partial charge >= 0.3 is 0 Å². The summed E-state index contributed by atoms with van der Waals surface area (Å²) in [4.78, 5) is 22.1. The lowest BCUT2D eigenvalue weighted by molar-refractivity contribution is 0.0645. The number of likely N-dealkylation sites (N-methyl/N-ethyl adjacent to an activating group) is 1. The fourth-order valence-corrected chi connectivity index (χ4v) is 3.50. The molecule has 140 valence electrons. The molecule has 1 saturated heterocycles. The average molecular weight is 367 g/mol. The second kappa shape index (κ2) is 7.08. The number of aromatic nitrogens is 3. The first-order valence-corrected chi connectivity index (χ1v) is 9.17. The molecule has 0 atom stereocenters. The Morgan fingerprint density at radius 3 is 2.52 bits per heavy atom. The number of halogens is 1. The Bertz CT molecular complexity index is 974. The van der Waals surface area contributed by atoms with Crippen LogP contribution in [0.3, 0.4) is 0 Å². The van der Waals surface area contributed by atoms with Gasteiger partial charge in [-0.25, -0.2) is 9.37 Å². The Morgan fingerprint density at radius 1 is 1.15 bits per heavy atom. The van der Waals surface area contributed by atoms with Gasteiger partial charge in [-0.2, -0.15) is 5.10 Å². The third-order valence-electron chi connectivity index (χ3n) is 5.18. The average Bonchev–Trinajstić information content (AvgIpc) is 3.08. The van der Waals surface area contributed by atoms with E-state index in [1.807, 2.05) is 4.90 Å². The van der Waals surface area contributed by atoms with Gasteiger partial charge in [-0.3, -0.25) is 9.48 Å². The van der Waals surface area contributed by atoms with Crippen molar-refractivity contribution in [2.24, 2.45) is 7.05 Å². The van der Waals surface area contributed by atoms with Crippen molar-refractivity contribution in [1.82, 2.24) is 24.6 Å². The highest BCUT2D eigenvalue weighted by Gasteiger charge is 2.24. The predicted octanol–water partition coefficient (Wildman–Crippen LogP) is 2.55. The number of benzene rings is 1. The topological polar surface area (TPSA) is 54.3 Å². The summed E-state index contributed by atoms with van der Waals surface area (Å²) >= 11 is 0. The van der Waals surface area contributed by atoms with Crippen LogP contribution >= 0.6 is 0 Å². The van der Waals surface area contributed by atoms with Gasteiger partial charge in [0.25, 0.3) is 5.91 Å². The standard InChI is InChI=1S/C20H22FN5O/c1-3-25-8-10-26(11-9-25)20(27)16-12-18(14-4-6-15(21)7-5-14)23-19-17(16)13-22-24(19)2/h4-7,12-13H,3,8-11H2,1-2H3. The van der Waals surface area contributed by atoms with Crippen LogP contribution in [0.15, 0.2) is 36.5 Å². The molecule has 0 N–H and O–H groups in total. The molecule has 3 heterocycles. The summed E-state index contributed by atoms with van der Waals surface area (Å²) in [5, 5.41) is 5.02. The number of piperazine rings is 1. The van der Waals surface area contributed by atoms with Crippen LogP contribution in [0.2, 0.25) is 0 Å². The fourth-order valence-electron chi connectivity index (χ4n) is 3.50. The second-order valence-electron chi connectivity index (χ2n) is 6.79. The van der Waals surface area contributed by atoms with Crippen LogP contribution in [0.4, 0.5) is 4.39 Å². The maximum atomic E-state index is 13.3. The Balaban J connectivity index is 1.75. The van der Waals surface area contributed by atoms with E-state index >= 15 is 0 Å². The molecule has 0 spiro atoms. The molecule has 6 nitrogen and oxygen atoms in total. The molecule has 1 aromatic carbocycles. The summed E-state index contributed by atoms with van der Waals surface area (Å²) in [6, 6.07) is 7.94. The Hall–Kier alpha value is -2.80. The minimum absolute atomic E-state index is 0.00508. The quantitative estimate of drug-likeness (QED) is 0.714. The normalized spacial score (nSPS) is 15.4. The van der Waals surface area contributed by atoms with E-state index in [1.54, 1.807) is 36.1 Å². The fraction of sp³-hybridized carbons (Fsp3) is 0.350. The summed E-state index contributed by atoms with van der Waals surface area (Å²) in [5.41, 5.74) is 2.65. The van der Waals surface area contributed by atoms with Crippen molar-refractivity contribution in [2.75, 3.05) is 32.7 Å². The van der Waals surface area contributed by atoms with Crippen molar-refractivity contribution >= 4 is 16.9 Å². The number of hydrogen-bond acceptors (Lipinski definition) is 4. The highest BCUT2D eigenvalue weighted by molar-refractivity contribution is 6.06. The number of amides is 1. The van der Waals surface area contributed by atoms with Gasteiger partial charge in [-0.1, -0.05) is 6.92 Å². The molecule has 27 heavy (non-hydrogen) atoms. The van der Waals surface area contributed by atoms with Gasteiger partial charge in [0.2, 0.25) is 0 Å². The maximum absolute atomic E-state index is 13.3. The van der Waals surface area contributed by atoms with E-state index in [2.05, 4.69) is 21.9 Å². The van der Waals surface area contributed by atoms with Gasteiger partial charge in [0, 0.05) is 38.8 Å². The van der Waals surface area contributed by atoms with Crippen molar-refractivity contribution in [3.05, 3.63) is 47.9 Å². The lowest BCUT2D eigenvalue weighted by Gasteiger charge is -2.34. The Morgan fingerprint density at radius 2 is 1.85 bits per heavy atom. The van der Waals surface area contributed by atoms with E-state index in [4.69, 9.17) is 0 Å². The number of hydrogen-bond donors (Lipinski definition) is 0. The molecule has 1 aliphatic rings. The molecule has 0 unspecified atom stereocenters. The van der Waals surface area contributed by atoms with E-state index in [9.17, 15) is 9.18 Å².